The minimum Gasteiger partial charge on any atom is -0.488 e. The van der Waals surface area contributed by atoms with Gasteiger partial charge in [0, 0.05) is 48.5 Å². The van der Waals surface area contributed by atoms with Crippen molar-refractivity contribution in [3.05, 3.63) is 119 Å². The molecular formula is C29H25NO2. The summed E-state index contributed by atoms with van der Waals surface area (Å²) in [6, 6.07) is 16.9. The molecular weight excluding hydrogens is 394 g/mol. The summed E-state index contributed by atoms with van der Waals surface area (Å²) in [5.41, 5.74) is 6.23. The van der Waals surface area contributed by atoms with Crippen LogP contribution in [0.15, 0.2) is 108 Å². The Kier molecular flexibility index (Phi) is 4.25. The minimum atomic E-state index is -0.691. The molecule has 0 amide bonds. The van der Waals surface area contributed by atoms with E-state index in [4.69, 9.17) is 9.47 Å². The van der Waals surface area contributed by atoms with Crippen molar-refractivity contribution in [1.29, 1.82) is 0 Å². The first kappa shape index (κ1) is 19.0. The zero-order valence-electron chi connectivity index (χ0n) is 18.3. The fraction of sp³-hybridized carbons (Fsp3) is 0.172. The Balaban J connectivity index is 1.54. The van der Waals surface area contributed by atoms with Gasteiger partial charge in [-0.15, -0.1) is 0 Å². The molecule has 2 aliphatic carbocycles. The fourth-order valence-corrected chi connectivity index (χ4v) is 4.89. The van der Waals surface area contributed by atoms with Gasteiger partial charge in [0.1, 0.15) is 18.1 Å². The van der Waals surface area contributed by atoms with E-state index in [-0.39, 0.29) is 5.92 Å². The zero-order chi connectivity index (χ0) is 21.7. The highest BCUT2D eigenvalue weighted by Crippen LogP contribution is 2.48. The Morgan fingerprint density at radius 2 is 1.88 bits per heavy atom. The van der Waals surface area contributed by atoms with E-state index < -0.39 is 5.60 Å². The predicted molar refractivity (Wildman–Crippen MR) is 130 cm³/mol. The molecule has 2 heterocycles. The number of nitrogens with zero attached hydrogens (tertiary/aromatic N) is 1. The average Bonchev–Trinajstić information content (AvgIpc) is 2.83. The van der Waals surface area contributed by atoms with E-state index in [0.717, 1.165) is 33.9 Å². The third kappa shape index (κ3) is 2.96. The molecule has 0 saturated carbocycles. The van der Waals surface area contributed by atoms with Crippen LogP contribution in [0, 0.1) is 5.92 Å². The molecule has 6 rings (SSSR count). The SMILES string of the molecule is CN(C)c1ccc2c(c1)OC1(C=C3C(=CC=C4C=CC=CC43)OC1)C(c1ccccc1)=C2. The zero-order valence-corrected chi connectivity index (χ0v) is 18.3. The maximum Gasteiger partial charge on any atom is 0.187 e. The van der Waals surface area contributed by atoms with E-state index >= 15 is 0 Å². The highest BCUT2D eigenvalue weighted by Gasteiger charge is 2.45. The second-order valence-corrected chi connectivity index (χ2v) is 8.84. The summed E-state index contributed by atoms with van der Waals surface area (Å²) < 4.78 is 13.2. The van der Waals surface area contributed by atoms with Crippen molar-refractivity contribution in [3.63, 3.8) is 0 Å². The van der Waals surface area contributed by atoms with E-state index in [1.807, 2.05) is 20.2 Å². The normalized spacial score (nSPS) is 24.6. The van der Waals surface area contributed by atoms with Gasteiger partial charge in [-0.05, 0) is 41.5 Å². The van der Waals surface area contributed by atoms with Gasteiger partial charge in [0.15, 0.2) is 5.60 Å². The lowest BCUT2D eigenvalue weighted by atomic mass is 9.76. The van der Waals surface area contributed by atoms with E-state index in [1.165, 1.54) is 11.1 Å². The van der Waals surface area contributed by atoms with Crippen molar-refractivity contribution in [2.45, 2.75) is 5.60 Å². The lowest BCUT2D eigenvalue weighted by Gasteiger charge is -2.43. The Labute approximate surface area is 189 Å². The molecule has 0 N–H and O–H groups in total. The molecule has 3 nitrogen and oxygen atoms in total. The van der Waals surface area contributed by atoms with Crippen LogP contribution in [0.1, 0.15) is 11.1 Å². The molecule has 3 heteroatoms. The molecule has 0 radical (unpaired) electrons. The lowest BCUT2D eigenvalue weighted by Crippen LogP contribution is -2.45. The van der Waals surface area contributed by atoms with Crippen LogP contribution in [0.4, 0.5) is 5.69 Å². The first-order chi connectivity index (χ1) is 15.6. The van der Waals surface area contributed by atoms with Gasteiger partial charge >= 0.3 is 0 Å². The van der Waals surface area contributed by atoms with E-state index in [0.29, 0.717) is 6.61 Å². The molecule has 0 bridgehead atoms. The highest BCUT2D eigenvalue weighted by molar-refractivity contribution is 5.92. The molecule has 32 heavy (non-hydrogen) atoms. The molecule has 158 valence electrons. The van der Waals surface area contributed by atoms with Crippen molar-refractivity contribution in [1.82, 2.24) is 0 Å². The van der Waals surface area contributed by atoms with E-state index in [1.54, 1.807) is 0 Å². The molecule has 2 unspecified atom stereocenters. The number of hydrogen-bond donors (Lipinski definition) is 0. The van der Waals surface area contributed by atoms with Crippen molar-refractivity contribution in [2.24, 2.45) is 5.92 Å². The second kappa shape index (κ2) is 7.16. The molecule has 1 spiro atoms. The van der Waals surface area contributed by atoms with Crippen LogP contribution in [0.2, 0.25) is 0 Å². The summed E-state index contributed by atoms with van der Waals surface area (Å²) in [6.07, 6.45) is 17.4. The van der Waals surface area contributed by atoms with Crippen molar-refractivity contribution in [2.75, 3.05) is 25.6 Å². The standard InChI is InChI=1S/C29H25NO2/c1-30(2)23-14-12-22-16-26(21-9-4-3-5-10-21)29(32-28(22)17-23)18-25-24-11-7-6-8-20(24)13-15-27(25)31-19-29/h3-18,24H,19H2,1-2H3. The van der Waals surface area contributed by atoms with Gasteiger partial charge < -0.3 is 14.4 Å². The van der Waals surface area contributed by atoms with Crippen LogP contribution in [0.3, 0.4) is 0 Å². The number of fused-ring (bicyclic) bond motifs is 4. The molecule has 2 aliphatic heterocycles. The van der Waals surface area contributed by atoms with Crippen molar-refractivity contribution < 1.29 is 9.47 Å². The monoisotopic (exact) mass is 419 g/mol. The highest BCUT2D eigenvalue weighted by atomic mass is 16.5. The number of rotatable bonds is 2. The van der Waals surface area contributed by atoms with E-state index in [2.05, 4.69) is 96.0 Å². The Hall–Kier alpha value is -3.72. The van der Waals surface area contributed by atoms with E-state index in [9.17, 15) is 0 Å². The van der Waals surface area contributed by atoms with Crippen molar-refractivity contribution >= 4 is 17.3 Å². The summed E-state index contributed by atoms with van der Waals surface area (Å²) in [5, 5.41) is 0. The maximum atomic E-state index is 6.86. The molecule has 2 aromatic carbocycles. The second-order valence-electron chi connectivity index (χ2n) is 8.84. The molecule has 4 aliphatic rings. The van der Waals surface area contributed by atoms with Crippen molar-refractivity contribution in [3.8, 4) is 5.75 Å². The van der Waals surface area contributed by atoms with Crippen LogP contribution < -0.4 is 9.64 Å². The first-order valence-electron chi connectivity index (χ1n) is 11.0. The van der Waals surface area contributed by atoms with Gasteiger partial charge in [-0.3, -0.25) is 0 Å². The van der Waals surface area contributed by atoms with Gasteiger partial charge in [-0.2, -0.15) is 0 Å². The fourth-order valence-electron chi connectivity index (χ4n) is 4.89. The Bertz CT molecular complexity index is 1270. The molecule has 0 saturated heterocycles. The number of benzene rings is 2. The minimum absolute atomic E-state index is 0.187. The summed E-state index contributed by atoms with van der Waals surface area (Å²) in [5.74, 6) is 2.01. The largest absolute Gasteiger partial charge is 0.488 e. The van der Waals surface area contributed by atoms with Crippen LogP contribution >= 0.6 is 0 Å². The maximum absolute atomic E-state index is 6.86. The smallest absolute Gasteiger partial charge is 0.187 e. The van der Waals surface area contributed by atoms with Gasteiger partial charge in [-0.1, -0.05) is 60.7 Å². The Morgan fingerprint density at radius 3 is 2.72 bits per heavy atom. The average molecular weight is 420 g/mol. The van der Waals surface area contributed by atoms with Crippen LogP contribution in [-0.2, 0) is 4.74 Å². The Morgan fingerprint density at radius 1 is 1.00 bits per heavy atom. The number of ether oxygens (including phenoxy) is 2. The quantitative estimate of drug-likeness (QED) is 0.601. The van der Waals surface area contributed by atoms with Gasteiger partial charge in [0.25, 0.3) is 0 Å². The number of allylic oxidation sites excluding steroid dienone is 8. The third-order valence-electron chi connectivity index (χ3n) is 6.59. The molecule has 0 fully saturated rings. The molecule has 2 atom stereocenters. The summed E-state index contributed by atoms with van der Waals surface area (Å²) in [6.45, 7) is 0.435. The van der Waals surface area contributed by atoms with Crippen LogP contribution in [0.5, 0.6) is 5.75 Å². The summed E-state index contributed by atoms with van der Waals surface area (Å²) >= 11 is 0. The third-order valence-corrected chi connectivity index (χ3v) is 6.59. The van der Waals surface area contributed by atoms with Gasteiger partial charge in [-0.25, -0.2) is 0 Å². The lowest BCUT2D eigenvalue weighted by molar-refractivity contribution is 0.0607. The summed E-state index contributed by atoms with van der Waals surface area (Å²) in [7, 11) is 4.10. The van der Waals surface area contributed by atoms with Crippen LogP contribution in [-0.4, -0.2) is 26.3 Å². The first-order valence-corrected chi connectivity index (χ1v) is 11.0. The number of anilines is 1. The predicted octanol–water partition coefficient (Wildman–Crippen LogP) is 5.95. The van der Waals surface area contributed by atoms with Crippen LogP contribution in [0.25, 0.3) is 11.6 Å². The molecule has 2 aromatic rings. The summed E-state index contributed by atoms with van der Waals surface area (Å²) in [4.78, 5) is 2.10. The van der Waals surface area contributed by atoms with Gasteiger partial charge in [0.05, 0.1) is 0 Å². The topological polar surface area (TPSA) is 21.7 Å². The molecule has 0 aromatic heterocycles. The number of hydrogen-bond acceptors (Lipinski definition) is 3. The van der Waals surface area contributed by atoms with Gasteiger partial charge in [0.2, 0.25) is 0 Å².